The van der Waals surface area contributed by atoms with E-state index >= 15 is 0 Å². The summed E-state index contributed by atoms with van der Waals surface area (Å²) in [6.07, 6.45) is 5.39. The van der Waals surface area contributed by atoms with E-state index in [-0.39, 0.29) is 5.91 Å². The summed E-state index contributed by atoms with van der Waals surface area (Å²) in [7, 11) is 1.66. The summed E-state index contributed by atoms with van der Waals surface area (Å²) in [6, 6.07) is 9.59. The van der Waals surface area contributed by atoms with Crippen LogP contribution in [0.1, 0.15) is 46.2 Å². The molecule has 1 amide bonds. The number of fused-ring (bicyclic) bond motifs is 1. The van der Waals surface area contributed by atoms with Crippen LogP contribution in [-0.2, 0) is 16.1 Å². The molecule has 1 saturated heterocycles. The summed E-state index contributed by atoms with van der Waals surface area (Å²) in [4.78, 5) is 28.4. The third-order valence-electron chi connectivity index (χ3n) is 5.73. The summed E-state index contributed by atoms with van der Waals surface area (Å²) >= 11 is 0. The monoisotopic (exact) mass is 420 g/mol. The molecule has 7 nitrogen and oxygen atoms in total. The summed E-state index contributed by atoms with van der Waals surface area (Å²) < 4.78 is 10.8. The zero-order chi connectivity index (χ0) is 21.6. The van der Waals surface area contributed by atoms with Crippen molar-refractivity contribution in [2.75, 3.05) is 33.4 Å². The minimum absolute atomic E-state index is 0.0752. The lowest BCUT2D eigenvalue weighted by atomic mass is 9.90. The number of benzene rings is 1. The second-order valence-electron chi connectivity index (χ2n) is 7.85. The molecule has 7 heteroatoms. The number of pyridine rings is 1. The lowest BCUT2D eigenvalue weighted by Crippen LogP contribution is -2.38. The molecule has 0 spiro atoms. The predicted octanol–water partition coefficient (Wildman–Crippen LogP) is 3.52. The summed E-state index contributed by atoms with van der Waals surface area (Å²) in [5.41, 5.74) is 3.68. The van der Waals surface area contributed by atoms with Crippen LogP contribution < -0.4 is 0 Å². The smallest absolute Gasteiger partial charge is 0.253 e. The van der Waals surface area contributed by atoms with Crippen LogP contribution in [0.25, 0.3) is 10.9 Å². The van der Waals surface area contributed by atoms with Crippen molar-refractivity contribution in [1.29, 1.82) is 0 Å². The van der Waals surface area contributed by atoms with Gasteiger partial charge in [-0.15, -0.1) is 0 Å². The average Bonchev–Trinajstić information content (AvgIpc) is 2.82. The van der Waals surface area contributed by atoms with E-state index in [1.54, 1.807) is 13.3 Å². The van der Waals surface area contributed by atoms with Gasteiger partial charge in [-0.1, -0.05) is 6.07 Å². The Morgan fingerprint density at radius 2 is 2.00 bits per heavy atom. The molecule has 0 saturated carbocycles. The van der Waals surface area contributed by atoms with Gasteiger partial charge in [0, 0.05) is 55.0 Å². The Balaban J connectivity index is 1.42. The third kappa shape index (κ3) is 5.06. The average molecular weight is 421 g/mol. The van der Waals surface area contributed by atoms with Gasteiger partial charge in [0.1, 0.15) is 5.82 Å². The molecule has 2 aromatic heterocycles. The van der Waals surface area contributed by atoms with E-state index in [2.05, 4.69) is 9.97 Å². The molecule has 4 rings (SSSR count). The fourth-order valence-corrected chi connectivity index (χ4v) is 4.05. The first-order chi connectivity index (χ1) is 15.2. The summed E-state index contributed by atoms with van der Waals surface area (Å²) in [5, 5.41) is 0.984. The fourth-order valence-electron chi connectivity index (χ4n) is 4.05. The molecule has 0 atom stereocenters. The number of ether oxygens (including phenoxy) is 2. The van der Waals surface area contributed by atoms with E-state index in [1.807, 2.05) is 48.4 Å². The number of nitrogens with zero attached hydrogens (tertiary/aromatic N) is 4. The van der Waals surface area contributed by atoms with Crippen molar-refractivity contribution >= 4 is 16.8 Å². The van der Waals surface area contributed by atoms with Crippen LogP contribution >= 0.6 is 0 Å². The van der Waals surface area contributed by atoms with Gasteiger partial charge in [0.05, 0.1) is 31.0 Å². The molecule has 0 radical (unpaired) electrons. The van der Waals surface area contributed by atoms with E-state index in [4.69, 9.17) is 14.5 Å². The highest BCUT2D eigenvalue weighted by Gasteiger charge is 2.27. The summed E-state index contributed by atoms with van der Waals surface area (Å²) in [5.74, 6) is 1.14. The summed E-state index contributed by atoms with van der Waals surface area (Å²) in [6.45, 7) is 4.91. The van der Waals surface area contributed by atoms with E-state index in [0.29, 0.717) is 44.4 Å². The highest BCUT2D eigenvalue weighted by atomic mass is 16.5. The Hall–Kier alpha value is -2.90. The lowest BCUT2D eigenvalue weighted by molar-refractivity contribution is 0.0604. The van der Waals surface area contributed by atoms with Crippen LogP contribution in [0.2, 0.25) is 0 Å². The quantitative estimate of drug-likeness (QED) is 0.545. The van der Waals surface area contributed by atoms with Gasteiger partial charge in [-0.25, -0.2) is 9.97 Å². The van der Waals surface area contributed by atoms with Crippen molar-refractivity contribution in [3.05, 3.63) is 65.4 Å². The highest BCUT2D eigenvalue weighted by Crippen LogP contribution is 2.30. The van der Waals surface area contributed by atoms with Gasteiger partial charge in [0.15, 0.2) is 0 Å². The molecule has 1 aliphatic heterocycles. The number of carbonyl (C=O) groups is 1. The first-order valence-corrected chi connectivity index (χ1v) is 10.7. The normalized spacial score (nSPS) is 14.8. The van der Waals surface area contributed by atoms with Crippen molar-refractivity contribution in [3.63, 3.8) is 0 Å². The predicted molar refractivity (Wildman–Crippen MR) is 118 cm³/mol. The van der Waals surface area contributed by atoms with Crippen LogP contribution in [-0.4, -0.2) is 59.2 Å². The lowest BCUT2D eigenvalue weighted by Gasteiger charge is -2.32. The second-order valence-corrected chi connectivity index (χ2v) is 7.85. The molecule has 0 unspecified atom stereocenters. The van der Waals surface area contributed by atoms with E-state index in [1.165, 1.54) is 0 Å². The Kier molecular flexibility index (Phi) is 6.84. The van der Waals surface area contributed by atoms with Crippen molar-refractivity contribution < 1.29 is 14.3 Å². The van der Waals surface area contributed by atoms with Crippen molar-refractivity contribution in [2.24, 2.45) is 0 Å². The fraction of sp³-hybridized carbons (Fsp3) is 0.417. The molecule has 0 bridgehead atoms. The van der Waals surface area contributed by atoms with Gasteiger partial charge in [-0.3, -0.25) is 9.78 Å². The number of aryl methyl sites for hydroxylation is 1. The Bertz CT molecular complexity index is 1050. The maximum absolute atomic E-state index is 13.1. The Labute approximate surface area is 182 Å². The van der Waals surface area contributed by atoms with Gasteiger partial charge in [-0.2, -0.15) is 0 Å². The molecule has 1 fully saturated rings. The molecule has 162 valence electrons. The van der Waals surface area contributed by atoms with Crippen molar-refractivity contribution in [3.8, 4) is 0 Å². The van der Waals surface area contributed by atoms with Crippen LogP contribution in [0, 0.1) is 6.92 Å². The first-order valence-electron chi connectivity index (χ1n) is 10.7. The van der Waals surface area contributed by atoms with Crippen LogP contribution in [0.3, 0.4) is 0 Å². The standard InChI is InChI=1S/C24H28N4O3/c1-17-26-15-21(16-31-13-12-30-2)23(27-17)18-7-10-28(11-8-18)24(29)20-5-6-22-19(14-20)4-3-9-25-22/h3-6,9,14-15,18H,7-8,10-13,16H2,1-2H3. The molecule has 1 aromatic carbocycles. The first kappa shape index (κ1) is 21.3. The van der Waals surface area contributed by atoms with Gasteiger partial charge in [0.25, 0.3) is 5.91 Å². The number of likely N-dealkylation sites (tertiary alicyclic amines) is 1. The highest BCUT2D eigenvalue weighted by molar-refractivity contribution is 5.98. The largest absolute Gasteiger partial charge is 0.382 e. The zero-order valence-corrected chi connectivity index (χ0v) is 18.1. The van der Waals surface area contributed by atoms with Gasteiger partial charge < -0.3 is 14.4 Å². The van der Waals surface area contributed by atoms with Gasteiger partial charge in [-0.05, 0) is 44.0 Å². The minimum atomic E-state index is 0.0752. The Morgan fingerprint density at radius 1 is 1.16 bits per heavy atom. The van der Waals surface area contributed by atoms with Crippen LogP contribution in [0.5, 0.6) is 0 Å². The molecule has 0 aliphatic carbocycles. The van der Waals surface area contributed by atoms with Crippen LogP contribution in [0.4, 0.5) is 0 Å². The van der Waals surface area contributed by atoms with E-state index in [0.717, 1.165) is 40.8 Å². The molecule has 0 N–H and O–H groups in total. The topological polar surface area (TPSA) is 77.4 Å². The van der Waals surface area contributed by atoms with Crippen molar-refractivity contribution in [1.82, 2.24) is 19.9 Å². The molecular weight excluding hydrogens is 392 g/mol. The number of piperidine rings is 1. The number of hydrogen-bond donors (Lipinski definition) is 0. The zero-order valence-electron chi connectivity index (χ0n) is 18.1. The Morgan fingerprint density at radius 3 is 2.81 bits per heavy atom. The SMILES string of the molecule is COCCOCc1cnc(C)nc1C1CCN(C(=O)c2ccc3ncccc3c2)CC1. The van der Waals surface area contributed by atoms with Gasteiger partial charge >= 0.3 is 0 Å². The second kappa shape index (κ2) is 9.94. The number of rotatable bonds is 7. The molecule has 31 heavy (non-hydrogen) atoms. The van der Waals surface area contributed by atoms with Crippen molar-refractivity contribution in [2.45, 2.75) is 32.3 Å². The number of amides is 1. The molecule has 1 aliphatic rings. The van der Waals surface area contributed by atoms with Gasteiger partial charge in [0.2, 0.25) is 0 Å². The van der Waals surface area contributed by atoms with E-state index in [9.17, 15) is 4.79 Å². The minimum Gasteiger partial charge on any atom is -0.382 e. The number of hydrogen-bond acceptors (Lipinski definition) is 6. The maximum atomic E-state index is 13.1. The molecule has 3 aromatic rings. The molecular formula is C24H28N4O3. The number of methoxy groups -OCH3 is 1. The molecule has 3 heterocycles. The number of carbonyl (C=O) groups excluding carboxylic acids is 1. The maximum Gasteiger partial charge on any atom is 0.253 e. The third-order valence-corrected chi connectivity index (χ3v) is 5.73. The van der Waals surface area contributed by atoms with Crippen LogP contribution in [0.15, 0.2) is 42.7 Å². The number of aromatic nitrogens is 3. The van der Waals surface area contributed by atoms with E-state index < -0.39 is 0 Å².